The topological polar surface area (TPSA) is 56.4 Å². The van der Waals surface area contributed by atoms with E-state index in [1.807, 2.05) is 19.1 Å². The number of hydrogen-bond acceptors (Lipinski definition) is 2. The third-order valence-corrected chi connectivity index (χ3v) is 5.41. The number of amides is 2. The zero-order chi connectivity index (χ0) is 16.8. The molecule has 5 nitrogen and oxygen atoms in total. The second kappa shape index (κ2) is 5.65. The van der Waals surface area contributed by atoms with Gasteiger partial charge in [-0.3, -0.25) is 9.59 Å². The van der Waals surface area contributed by atoms with Crippen LogP contribution in [0.1, 0.15) is 44.0 Å². The van der Waals surface area contributed by atoms with Crippen molar-refractivity contribution < 1.29 is 9.59 Å². The number of fused-ring (bicyclic) bond motifs is 4. The van der Waals surface area contributed by atoms with Gasteiger partial charge in [0.25, 0.3) is 0 Å². The van der Waals surface area contributed by atoms with E-state index in [1.54, 1.807) is 9.80 Å². The monoisotopic (exact) mass is 325 g/mol. The van der Waals surface area contributed by atoms with E-state index in [0.29, 0.717) is 13.0 Å². The Balaban J connectivity index is 1.74. The molecule has 5 heteroatoms. The Morgan fingerprint density at radius 3 is 2.83 bits per heavy atom. The van der Waals surface area contributed by atoms with Gasteiger partial charge in [-0.1, -0.05) is 31.5 Å². The van der Waals surface area contributed by atoms with E-state index in [9.17, 15) is 9.59 Å². The van der Waals surface area contributed by atoms with Gasteiger partial charge in [-0.15, -0.1) is 0 Å². The van der Waals surface area contributed by atoms with Crippen molar-refractivity contribution in [2.75, 3.05) is 13.1 Å². The van der Waals surface area contributed by atoms with Crippen LogP contribution in [0.3, 0.4) is 0 Å². The van der Waals surface area contributed by atoms with Crippen LogP contribution in [0.5, 0.6) is 0 Å². The SMILES string of the molecule is CCCCN1CC(=O)N2C(C)c3[nH]c4ccccc4c3C[C@H]2C1=O. The number of piperazine rings is 1. The van der Waals surface area contributed by atoms with Gasteiger partial charge in [0.15, 0.2) is 0 Å². The van der Waals surface area contributed by atoms with Gasteiger partial charge in [0.2, 0.25) is 11.8 Å². The second-order valence-electron chi connectivity index (χ2n) is 6.87. The summed E-state index contributed by atoms with van der Waals surface area (Å²) in [5, 5.41) is 1.17. The molecule has 126 valence electrons. The summed E-state index contributed by atoms with van der Waals surface area (Å²) in [7, 11) is 0. The number of benzene rings is 1. The fraction of sp³-hybridized carbons (Fsp3) is 0.474. The summed E-state index contributed by atoms with van der Waals surface area (Å²) >= 11 is 0. The van der Waals surface area contributed by atoms with Gasteiger partial charge in [0.1, 0.15) is 6.04 Å². The molecule has 2 amide bonds. The van der Waals surface area contributed by atoms with Gasteiger partial charge < -0.3 is 14.8 Å². The van der Waals surface area contributed by atoms with Crippen molar-refractivity contribution >= 4 is 22.7 Å². The highest BCUT2D eigenvalue weighted by atomic mass is 16.2. The van der Waals surface area contributed by atoms with E-state index in [2.05, 4.69) is 24.0 Å². The fourth-order valence-electron chi connectivity index (χ4n) is 4.17. The average Bonchev–Trinajstić information content (AvgIpc) is 2.96. The second-order valence-corrected chi connectivity index (χ2v) is 6.87. The van der Waals surface area contributed by atoms with E-state index in [-0.39, 0.29) is 30.4 Å². The van der Waals surface area contributed by atoms with Crippen LogP contribution in [0.15, 0.2) is 24.3 Å². The summed E-state index contributed by atoms with van der Waals surface area (Å²) in [4.78, 5) is 32.7. The zero-order valence-electron chi connectivity index (χ0n) is 14.2. The number of rotatable bonds is 3. The standard InChI is InChI=1S/C19H23N3O2/c1-3-4-9-21-11-17(23)22-12(2)18-14(10-16(22)19(21)24)13-7-5-6-8-15(13)20-18/h5-8,12,16,20H,3-4,9-11H2,1-2H3/t12?,16-/m0/s1. The zero-order valence-corrected chi connectivity index (χ0v) is 14.2. The van der Waals surface area contributed by atoms with Crippen LogP contribution in [0.2, 0.25) is 0 Å². The van der Waals surface area contributed by atoms with Gasteiger partial charge in [-0.25, -0.2) is 0 Å². The van der Waals surface area contributed by atoms with Crippen LogP contribution in [0.4, 0.5) is 0 Å². The summed E-state index contributed by atoms with van der Waals surface area (Å²) in [5.41, 5.74) is 3.35. The van der Waals surface area contributed by atoms with Crippen molar-refractivity contribution in [1.29, 1.82) is 0 Å². The molecule has 0 saturated carbocycles. The molecule has 2 aliphatic heterocycles. The van der Waals surface area contributed by atoms with Gasteiger partial charge >= 0.3 is 0 Å². The van der Waals surface area contributed by atoms with Gasteiger partial charge in [-0.2, -0.15) is 0 Å². The van der Waals surface area contributed by atoms with Crippen molar-refractivity contribution in [2.45, 2.75) is 45.2 Å². The maximum Gasteiger partial charge on any atom is 0.246 e. The quantitative estimate of drug-likeness (QED) is 0.943. The molecule has 1 saturated heterocycles. The number of carbonyl (C=O) groups is 2. The molecule has 4 rings (SSSR count). The Kier molecular flexibility index (Phi) is 3.59. The summed E-state index contributed by atoms with van der Waals surface area (Å²) in [6.07, 6.45) is 2.58. The van der Waals surface area contributed by atoms with Crippen molar-refractivity contribution in [2.24, 2.45) is 0 Å². The molecule has 0 aliphatic carbocycles. The highest BCUT2D eigenvalue weighted by Gasteiger charge is 2.45. The maximum atomic E-state index is 12.9. The largest absolute Gasteiger partial charge is 0.356 e. The lowest BCUT2D eigenvalue weighted by Crippen LogP contribution is -2.62. The molecule has 1 aromatic carbocycles. The molecule has 3 heterocycles. The summed E-state index contributed by atoms with van der Waals surface area (Å²) in [5.74, 6) is 0.165. The maximum absolute atomic E-state index is 12.9. The van der Waals surface area contributed by atoms with E-state index in [0.717, 1.165) is 24.1 Å². The Morgan fingerprint density at radius 1 is 1.25 bits per heavy atom. The number of carbonyl (C=O) groups excluding carboxylic acids is 2. The fourth-order valence-corrected chi connectivity index (χ4v) is 4.17. The highest BCUT2D eigenvalue weighted by Crippen LogP contribution is 2.38. The van der Waals surface area contributed by atoms with Crippen molar-refractivity contribution in [3.05, 3.63) is 35.5 Å². The number of aromatic amines is 1. The van der Waals surface area contributed by atoms with Crippen LogP contribution in [-0.2, 0) is 16.0 Å². The molecule has 0 spiro atoms. The Morgan fingerprint density at radius 2 is 2.04 bits per heavy atom. The number of unbranched alkanes of at least 4 members (excludes halogenated alkanes) is 1. The van der Waals surface area contributed by atoms with E-state index in [4.69, 9.17) is 0 Å². The smallest absolute Gasteiger partial charge is 0.246 e. The molecule has 24 heavy (non-hydrogen) atoms. The number of aromatic nitrogens is 1. The number of hydrogen-bond donors (Lipinski definition) is 1. The van der Waals surface area contributed by atoms with Crippen LogP contribution >= 0.6 is 0 Å². The summed E-state index contributed by atoms with van der Waals surface area (Å²) < 4.78 is 0. The van der Waals surface area contributed by atoms with Crippen LogP contribution in [0, 0.1) is 0 Å². The third-order valence-electron chi connectivity index (χ3n) is 5.41. The number of nitrogens with zero attached hydrogens (tertiary/aromatic N) is 2. The average molecular weight is 325 g/mol. The molecule has 0 bridgehead atoms. The molecule has 2 atom stereocenters. The Hall–Kier alpha value is -2.30. The summed E-state index contributed by atoms with van der Waals surface area (Å²) in [6.45, 7) is 5.02. The van der Waals surface area contributed by atoms with E-state index < -0.39 is 0 Å². The summed E-state index contributed by atoms with van der Waals surface area (Å²) in [6, 6.07) is 7.73. The first-order valence-electron chi connectivity index (χ1n) is 8.81. The van der Waals surface area contributed by atoms with E-state index in [1.165, 1.54) is 10.9 Å². The minimum absolute atomic E-state index is 0.0625. The van der Waals surface area contributed by atoms with Crippen molar-refractivity contribution in [3.63, 3.8) is 0 Å². The first-order valence-corrected chi connectivity index (χ1v) is 8.81. The molecule has 0 radical (unpaired) electrons. The molecule has 1 N–H and O–H groups in total. The highest BCUT2D eigenvalue weighted by molar-refractivity contribution is 5.97. The number of H-pyrrole nitrogens is 1. The number of para-hydroxylation sites is 1. The third kappa shape index (κ3) is 2.14. The normalized spacial score (nSPS) is 23.6. The predicted molar refractivity (Wildman–Crippen MR) is 92.5 cm³/mol. The van der Waals surface area contributed by atoms with Gasteiger partial charge in [-0.05, 0) is 25.0 Å². The lowest BCUT2D eigenvalue weighted by Gasteiger charge is -2.46. The molecule has 2 aliphatic rings. The predicted octanol–water partition coefficient (Wildman–Crippen LogP) is 2.62. The molecule has 1 unspecified atom stereocenters. The van der Waals surface area contributed by atoms with E-state index >= 15 is 0 Å². The molecule has 1 aromatic heterocycles. The molecule has 1 fully saturated rings. The molecular weight excluding hydrogens is 302 g/mol. The lowest BCUT2D eigenvalue weighted by molar-refractivity contribution is -0.159. The molecular formula is C19H23N3O2. The molecule has 2 aromatic rings. The van der Waals surface area contributed by atoms with Crippen LogP contribution in [0.25, 0.3) is 10.9 Å². The Labute approximate surface area is 141 Å². The first kappa shape index (κ1) is 15.2. The Bertz CT molecular complexity index is 810. The first-order chi connectivity index (χ1) is 11.6. The minimum atomic E-state index is -0.357. The van der Waals surface area contributed by atoms with Gasteiger partial charge in [0.05, 0.1) is 12.6 Å². The van der Waals surface area contributed by atoms with Crippen LogP contribution < -0.4 is 0 Å². The van der Waals surface area contributed by atoms with Gasteiger partial charge in [0, 0.05) is 29.6 Å². The van der Waals surface area contributed by atoms with Crippen molar-refractivity contribution in [1.82, 2.24) is 14.8 Å². The lowest BCUT2D eigenvalue weighted by atomic mass is 9.90. The number of nitrogens with one attached hydrogen (secondary N) is 1. The van der Waals surface area contributed by atoms with Crippen molar-refractivity contribution in [3.8, 4) is 0 Å². The van der Waals surface area contributed by atoms with Crippen LogP contribution in [-0.4, -0.2) is 45.7 Å². The minimum Gasteiger partial charge on any atom is -0.356 e.